The van der Waals surface area contributed by atoms with Crippen LogP contribution in [0.3, 0.4) is 0 Å². The average Bonchev–Trinajstić information content (AvgIpc) is 2.30. The predicted molar refractivity (Wildman–Crippen MR) is 60.1 cm³/mol. The average molecular weight is 237 g/mol. The first-order chi connectivity index (χ1) is 7.79. The van der Waals surface area contributed by atoms with Gasteiger partial charge in [0.15, 0.2) is 11.5 Å². The summed E-state index contributed by atoms with van der Waals surface area (Å²) in [6.07, 6.45) is 1.34. The van der Waals surface area contributed by atoms with Crippen molar-refractivity contribution >= 4 is 11.6 Å². The second-order valence-corrected chi connectivity index (χ2v) is 3.32. The van der Waals surface area contributed by atoms with Gasteiger partial charge < -0.3 is 9.47 Å². The number of methoxy groups -OCH3 is 1. The maximum atomic E-state index is 5.72. The molecule has 0 saturated heterocycles. The molecule has 0 spiro atoms. The van der Waals surface area contributed by atoms with Gasteiger partial charge in [-0.3, -0.25) is 0 Å². The summed E-state index contributed by atoms with van der Waals surface area (Å²) in [6.45, 7) is 0. The molecule has 1 heterocycles. The number of para-hydroxylation sites is 2. The third-order valence-corrected chi connectivity index (χ3v) is 2.10. The van der Waals surface area contributed by atoms with Gasteiger partial charge in [0.25, 0.3) is 0 Å². The number of hydrogen-bond donors (Lipinski definition) is 0. The van der Waals surface area contributed by atoms with Crippen LogP contribution in [0.4, 0.5) is 0 Å². The van der Waals surface area contributed by atoms with Crippen molar-refractivity contribution in [2.75, 3.05) is 7.11 Å². The van der Waals surface area contributed by atoms with Gasteiger partial charge in [0, 0.05) is 6.07 Å². The molecule has 16 heavy (non-hydrogen) atoms. The maximum absolute atomic E-state index is 5.72. The van der Waals surface area contributed by atoms with Gasteiger partial charge in [-0.2, -0.15) is 0 Å². The van der Waals surface area contributed by atoms with Crippen LogP contribution in [0, 0.1) is 0 Å². The summed E-state index contributed by atoms with van der Waals surface area (Å²) in [5.41, 5.74) is 0. The summed E-state index contributed by atoms with van der Waals surface area (Å²) >= 11 is 5.72. The lowest BCUT2D eigenvalue weighted by atomic mass is 10.3. The monoisotopic (exact) mass is 236 g/mol. The largest absolute Gasteiger partial charge is 0.493 e. The molecule has 5 heteroatoms. The number of rotatable bonds is 3. The third kappa shape index (κ3) is 2.41. The number of halogens is 1. The molecule has 1 aromatic carbocycles. The van der Waals surface area contributed by atoms with Gasteiger partial charge in [-0.15, -0.1) is 0 Å². The van der Waals surface area contributed by atoms with E-state index in [1.165, 1.54) is 12.4 Å². The van der Waals surface area contributed by atoms with Crippen molar-refractivity contribution < 1.29 is 9.47 Å². The van der Waals surface area contributed by atoms with Crippen LogP contribution >= 0.6 is 11.6 Å². The summed E-state index contributed by atoms with van der Waals surface area (Å²) in [7, 11) is 1.58. The highest BCUT2D eigenvalue weighted by Gasteiger charge is 2.05. The molecule has 4 nitrogen and oxygen atoms in total. The fourth-order valence-corrected chi connectivity index (χ4v) is 1.33. The molecule has 0 aliphatic rings. The highest BCUT2D eigenvalue weighted by molar-refractivity contribution is 6.29. The fourth-order valence-electron chi connectivity index (χ4n) is 1.19. The van der Waals surface area contributed by atoms with E-state index in [0.29, 0.717) is 22.5 Å². The molecule has 1 aromatic heterocycles. The summed E-state index contributed by atoms with van der Waals surface area (Å²) in [4.78, 5) is 7.70. The molecule has 0 saturated carbocycles. The molecule has 0 fully saturated rings. The molecular formula is C11H9ClN2O2. The van der Waals surface area contributed by atoms with E-state index in [4.69, 9.17) is 21.1 Å². The zero-order valence-corrected chi connectivity index (χ0v) is 9.31. The van der Waals surface area contributed by atoms with Crippen LogP contribution in [0.5, 0.6) is 17.4 Å². The summed E-state index contributed by atoms with van der Waals surface area (Å²) in [6, 6.07) is 8.83. The van der Waals surface area contributed by atoms with Crippen molar-refractivity contribution in [3.8, 4) is 17.4 Å². The molecular weight excluding hydrogens is 228 g/mol. The van der Waals surface area contributed by atoms with Crippen molar-refractivity contribution in [1.82, 2.24) is 9.97 Å². The highest BCUT2D eigenvalue weighted by atomic mass is 35.5. The Hall–Kier alpha value is -1.81. The Balaban J connectivity index is 2.26. The number of hydrogen-bond acceptors (Lipinski definition) is 4. The van der Waals surface area contributed by atoms with Gasteiger partial charge in [-0.05, 0) is 12.1 Å². The molecule has 2 aromatic rings. The Labute approximate surface area is 97.8 Å². The van der Waals surface area contributed by atoms with Gasteiger partial charge in [0.1, 0.15) is 11.5 Å². The normalized spacial score (nSPS) is 9.88. The van der Waals surface area contributed by atoms with Gasteiger partial charge in [-0.1, -0.05) is 23.7 Å². The van der Waals surface area contributed by atoms with E-state index in [9.17, 15) is 0 Å². The first kappa shape index (κ1) is 10.7. The Bertz CT molecular complexity index is 491. The number of nitrogens with zero attached hydrogens (tertiary/aromatic N) is 2. The Morgan fingerprint density at radius 2 is 1.88 bits per heavy atom. The van der Waals surface area contributed by atoms with Crippen LogP contribution in [-0.2, 0) is 0 Å². The lowest BCUT2D eigenvalue weighted by Crippen LogP contribution is -1.92. The minimum Gasteiger partial charge on any atom is -0.493 e. The van der Waals surface area contributed by atoms with Gasteiger partial charge >= 0.3 is 0 Å². The zero-order chi connectivity index (χ0) is 11.4. The number of aromatic nitrogens is 2. The number of benzene rings is 1. The molecule has 82 valence electrons. The van der Waals surface area contributed by atoms with E-state index in [-0.39, 0.29) is 0 Å². The minimum atomic E-state index is 0.333. The van der Waals surface area contributed by atoms with Crippen molar-refractivity contribution in [3.63, 3.8) is 0 Å². The second-order valence-electron chi connectivity index (χ2n) is 2.93. The van der Waals surface area contributed by atoms with Crippen LogP contribution < -0.4 is 9.47 Å². The summed E-state index contributed by atoms with van der Waals surface area (Å²) < 4.78 is 10.7. The molecule has 0 unspecified atom stereocenters. The molecule has 0 atom stereocenters. The topological polar surface area (TPSA) is 44.2 Å². The molecule has 0 aliphatic carbocycles. The van der Waals surface area contributed by atoms with Crippen molar-refractivity contribution in [2.45, 2.75) is 0 Å². The third-order valence-electron chi connectivity index (χ3n) is 1.89. The van der Waals surface area contributed by atoms with E-state index < -0.39 is 0 Å². The Morgan fingerprint density at radius 1 is 1.12 bits per heavy atom. The van der Waals surface area contributed by atoms with E-state index >= 15 is 0 Å². The van der Waals surface area contributed by atoms with E-state index in [0.717, 1.165) is 0 Å². The standard InChI is InChI=1S/C11H9ClN2O2/c1-15-8-4-2-3-5-9(8)16-11-6-10(12)13-7-14-11/h2-7H,1H3. The maximum Gasteiger partial charge on any atom is 0.223 e. The smallest absolute Gasteiger partial charge is 0.223 e. The molecule has 0 radical (unpaired) electrons. The van der Waals surface area contributed by atoms with Crippen LogP contribution in [0.1, 0.15) is 0 Å². The van der Waals surface area contributed by atoms with Crippen LogP contribution in [0.2, 0.25) is 5.15 Å². The van der Waals surface area contributed by atoms with E-state index in [2.05, 4.69) is 9.97 Å². The summed E-state index contributed by atoms with van der Waals surface area (Å²) in [5, 5.41) is 0.333. The Kier molecular flexibility index (Phi) is 3.22. The van der Waals surface area contributed by atoms with Crippen molar-refractivity contribution in [3.05, 3.63) is 41.8 Å². The first-order valence-electron chi connectivity index (χ1n) is 4.58. The SMILES string of the molecule is COc1ccccc1Oc1cc(Cl)ncn1. The fraction of sp³-hybridized carbons (Fsp3) is 0.0909. The van der Waals surface area contributed by atoms with Crippen LogP contribution in [0.25, 0.3) is 0 Å². The minimum absolute atomic E-state index is 0.333. The van der Waals surface area contributed by atoms with E-state index in [1.54, 1.807) is 19.2 Å². The van der Waals surface area contributed by atoms with Crippen LogP contribution in [0.15, 0.2) is 36.7 Å². The quantitative estimate of drug-likeness (QED) is 0.769. The molecule has 2 rings (SSSR count). The molecule has 0 amide bonds. The first-order valence-corrected chi connectivity index (χ1v) is 4.96. The van der Waals surface area contributed by atoms with E-state index in [1.807, 2.05) is 12.1 Å². The van der Waals surface area contributed by atoms with Gasteiger partial charge in [-0.25, -0.2) is 9.97 Å². The second kappa shape index (κ2) is 4.81. The van der Waals surface area contributed by atoms with Crippen LogP contribution in [-0.4, -0.2) is 17.1 Å². The van der Waals surface area contributed by atoms with Crippen molar-refractivity contribution in [1.29, 1.82) is 0 Å². The molecule has 0 N–H and O–H groups in total. The highest BCUT2D eigenvalue weighted by Crippen LogP contribution is 2.30. The number of ether oxygens (including phenoxy) is 2. The van der Waals surface area contributed by atoms with Gasteiger partial charge in [0.2, 0.25) is 5.88 Å². The predicted octanol–water partition coefficient (Wildman–Crippen LogP) is 2.93. The van der Waals surface area contributed by atoms with Crippen molar-refractivity contribution in [2.24, 2.45) is 0 Å². The zero-order valence-electron chi connectivity index (χ0n) is 8.55. The lowest BCUT2D eigenvalue weighted by molar-refractivity contribution is 0.374. The van der Waals surface area contributed by atoms with Gasteiger partial charge in [0.05, 0.1) is 7.11 Å². The lowest BCUT2D eigenvalue weighted by Gasteiger charge is -2.08. The summed E-state index contributed by atoms with van der Waals surface area (Å²) in [5.74, 6) is 1.60. The Morgan fingerprint density at radius 3 is 2.56 bits per heavy atom. The molecule has 0 aliphatic heterocycles. The molecule has 0 bridgehead atoms.